The van der Waals surface area contributed by atoms with Crippen molar-refractivity contribution in [1.29, 1.82) is 5.26 Å². The predicted octanol–water partition coefficient (Wildman–Crippen LogP) is 2.61. The van der Waals surface area contributed by atoms with Crippen LogP contribution in [0.15, 0.2) is 30.3 Å². The van der Waals surface area contributed by atoms with Crippen molar-refractivity contribution in [1.82, 2.24) is 14.8 Å². The highest BCUT2D eigenvalue weighted by molar-refractivity contribution is 5.80. The summed E-state index contributed by atoms with van der Waals surface area (Å²) in [5.41, 5.74) is 6.25. The second-order valence-corrected chi connectivity index (χ2v) is 7.25. The summed E-state index contributed by atoms with van der Waals surface area (Å²) >= 11 is 0. The maximum atomic E-state index is 10.0. The molecule has 0 amide bonds. The molecule has 3 rings (SSSR count). The van der Waals surface area contributed by atoms with Crippen LogP contribution in [0.4, 0.5) is 0 Å². The van der Waals surface area contributed by atoms with Gasteiger partial charge in [0.05, 0.1) is 31.2 Å². The molecule has 0 spiro atoms. The molecule has 28 heavy (non-hydrogen) atoms. The normalized spacial score (nSPS) is 17.5. The van der Waals surface area contributed by atoms with E-state index in [9.17, 15) is 4.79 Å². The number of Topliss-reactive ketones (excluding diaryl/α,β-unsaturated/α-hetero) is 1. The van der Waals surface area contributed by atoms with Crippen LogP contribution in [0.3, 0.4) is 0 Å². The smallest absolute Gasteiger partial charge is 0.146 e. The molecule has 1 aromatic heterocycles. The van der Waals surface area contributed by atoms with Crippen molar-refractivity contribution < 1.29 is 9.53 Å². The van der Waals surface area contributed by atoms with Gasteiger partial charge >= 0.3 is 0 Å². The second-order valence-electron chi connectivity index (χ2n) is 7.25. The molecule has 2 heterocycles. The molecule has 1 aromatic carbocycles. The number of ether oxygens (including phenoxy) is 1. The van der Waals surface area contributed by atoms with Crippen LogP contribution >= 0.6 is 0 Å². The third-order valence-electron chi connectivity index (χ3n) is 4.72. The lowest BCUT2D eigenvalue weighted by atomic mass is 10.0. The number of carbonyl (C=O) groups excluding carboxylic acids is 1. The largest absolute Gasteiger partial charge is 0.376 e. The molecule has 0 bridgehead atoms. The fraction of sp³-hybridized carbons (Fsp3) is 0.524. The van der Waals surface area contributed by atoms with Gasteiger partial charge in [0.2, 0.25) is 0 Å². The number of rotatable bonds is 6. The summed E-state index contributed by atoms with van der Waals surface area (Å²) < 4.78 is 7.91. The van der Waals surface area contributed by atoms with E-state index in [-0.39, 0.29) is 23.7 Å². The van der Waals surface area contributed by atoms with E-state index in [0.29, 0.717) is 19.8 Å². The van der Waals surface area contributed by atoms with Gasteiger partial charge in [0.15, 0.2) is 0 Å². The van der Waals surface area contributed by atoms with Gasteiger partial charge in [0, 0.05) is 18.9 Å². The molecule has 7 heteroatoms. The zero-order valence-corrected chi connectivity index (χ0v) is 16.8. The fourth-order valence-electron chi connectivity index (χ4n) is 2.82. The molecule has 1 aliphatic heterocycles. The Hall–Kier alpha value is -2.56. The predicted molar refractivity (Wildman–Crippen MR) is 106 cm³/mol. The Morgan fingerprint density at radius 1 is 1.36 bits per heavy atom. The van der Waals surface area contributed by atoms with Gasteiger partial charge in [-0.3, -0.25) is 4.79 Å². The van der Waals surface area contributed by atoms with Gasteiger partial charge in [0.1, 0.15) is 17.4 Å². The molecule has 0 fully saturated rings. The summed E-state index contributed by atoms with van der Waals surface area (Å²) in [6, 6.07) is 12.2. The lowest BCUT2D eigenvalue weighted by Gasteiger charge is -2.21. The van der Waals surface area contributed by atoms with E-state index in [1.807, 2.05) is 18.2 Å². The molecule has 3 atom stereocenters. The number of fused-ring (bicyclic) bond motifs is 1. The van der Waals surface area contributed by atoms with Crippen LogP contribution in [0.25, 0.3) is 0 Å². The second kappa shape index (κ2) is 10.7. The zero-order chi connectivity index (χ0) is 20.5. The fourth-order valence-corrected chi connectivity index (χ4v) is 2.82. The molecule has 0 saturated carbocycles. The number of carbonyl (C=O) groups is 1. The van der Waals surface area contributed by atoms with Gasteiger partial charge in [-0.2, -0.15) is 5.26 Å². The summed E-state index contributed by atoms with van der Waals surface area (Å²) in [5, 5.41) is 17.7. The van der Waals surface area contributed by atoms with Crippen molar-refractivity contribution in [3.63, 3.8) is 0 Å². The highest BCUT2D eigenvalue weighted by Crippen LogP contribution is 2.23. The standard InChI is InChI=1S/C17H20N4O.C4H9NO/c1-13(11-22-12-14-5-3-2-4-6-14)17-20-19-16-8-7-15(9-18)10-21(16)17;1-3(5)4(2)6/h2-6,13,15H,7-8,10-12H2,1H3;3H,5H2,1-2H3. The Bertz CT molecular complexity index is 795. The van der Waals surface area contributed by atoms with Gasteiger partial charge in [0.25, 0.3) is 0 Å². The van der Waals surface area contributed by atoms with Gasteiger partial charge in [-0.15, -0.1) is 10.2 Å². The van der Waals surface area contributed by atoms with Crippen molar-refractivity contribution in [2.24, 2.45) is 11.7 Å². The van der Waals surface area contributed by atoms with Crippen LogP contribution in [0.2, 0.25) is 0 Å². The average molecular weight is 383 g/mol. The third-order valence-corrected chi connectivity index (χ3v) is 4.72. The molecule has 0 saturated heterocycles. The van der Waals surface area contributed by atoms with Crippen LogP contribution in [-0.2, 0) is 29.1 Å². The Labute approximate surface area is 166 Å². The number of hydrogen-bond acceptors (Lipinski definition) is 6. The van der Waals surface area contributed by atoms with Crippen molar-refractivity contribution in [2.75, 3.05) is 6.61 Å². The lowest BCUT2D eigenvalue weighted by molar-refractivity contribution is -0.117. The van der Waals surface area contributed by atoms with Crippen LogP contribution in [-0.4, -0.2) is 33.2 Å². The highest BCUT2D eigenvalue weighted by Gasteiger charge is 2.25. The van der Waals surface area contributed by atoms with Crippen molar-refractivity contribution in [3.8, 4) is 6.07 Å². The zero-order valence-electron chi connectivity index (χ0n) is 16.8. The monoisotopic (exact) mass is 383 g/mol. The number of aryl methyl sites for hydroxylation is 1. The number of nitrogens with zero attached hydrogens (tertiary/aromatic N) is 4. The van der Waals surface area contributed by atoms with Crippen LogP contribution < -0.4 is 5.73 Å². The summed E-state index contributed by atoms with van der Waals surface area (Å²) in [4.78, 5) is 10.0. The molecule has 2 aromatic rings. The first-order chi connectivity index (χ1) is 13.4. The quantitative estimate of drug-likeness (QED) is 0.822. The maximum absolute atomic E-state index is 10.0. The number of hydrogen-bond donors (Lipinski definition) is 1. The van der Waals surface area contributed by atoms with Crippen LogP contribution in [0.1, 0.15) is 50.3 Å². The van der Waals surface area contributed by atoms with Crippen molar-refractivity contribution in [2.45, 2.75) is 58.7 Å². The van der Waals surface area contributed by atoms with E-state index < -0.39 is 0 Å². The highest BCUT2D eigenvalue weighted by atomic mass is 16.5. The molecule has 0 aliphatic carbocycles. The Morgan fingerprint density at radius 3 is 2.64 bits per heavy atom. The Morgan fingerprint density at radius 2 is 2.04 bits per heavy atom. The maximum Gasteiger partial charge on any atom is 0.146 e. The lowest BCUT2D eigenvalue weighted by Crippen LogP contribution is -2.23. The minimum atomic E-state index is -0.287. The van der Waals surface area contributed by atoms with Crippen molar-refractivity contribution >= 4 is 5.78 Å². The first-order valence-corrected chi connectivity index (χ1v) is 9.61. The number of benzene rings is 1. The van der Waals surface area contributed by atoms with Crippen LogP contribution in [0, 0.1) is 17.2 Å². The van der Waals surface area contributed by atoms with Gasteiger partial charge in [-0.05, 0) is 25.8 Å². The summed E-state index contributed by atoms with van der Waals surface area (Å²) in [5.74, 6) is 2.21. The molecular weight excluding hydrogens is 354 g/mol. The number of ketones is 1. The van der Waals surface area contributed by atoms with E-state index in [4.69, 9.17) is 15.7 Å². The van der Waals surface area contributed by atoms with Crippen molar-refractivity contribution in [3.05, 3.63) is 47.5 Å². The summed E-state index contributed by atoms with van der Waals surface area (Å²) in [6.07, 6.45) is 1.72. The van der Waals surface area contributed by atoms with E-state index in [1.165, 1.54) is 12.5 Å². The number of aromatic nitrogens is 3. The first-order valence-electron chi connectivity index (χ1n) is 9.61. The Balaban J connectivity index is 0.000000409. The van der Waals surface area contributed by atoms with Gasteiger partial charge < -0.3 is 15.0 Å². The third kappa shape index (κ3) is 6.25. The molecule has 150 valence electrons. The van der Waals surface area contributed by atoms with E-state index in [1.54, 1.807) is 6.92 Å². The molecule has 7 nitrogen and oxygen atoms in total. The summed E-state index contributed by atoms with van der Waals surface area (Å²) in [6.45, 7) is 7.15. The average Bonchev–Trinajstić information content (AvgIpc) is 3.12. The minimum absolute atomic E-state index is 0.0370. The number of nitrogens with two attached hydrogens (primary N) is 1. The molecular formula is C21H29N5O2. The Kier molecular flexibility index (Phi) is 8.30. The first kappa shape index (κ1) is 21.7. The molecule has 2 N–H and O–H groups in total. The van der Waals surface area contributed by atoms with Gasteiger partial charge in [-0.25, -0.2) is 0 Å². The SMILES string of the molecule is CC(=O)C(C)N.CC(COCc1ccccc1)c1nnc2n1CC(C#N)CC2. The van der Waals surface area contributed by atoms with E-state index in [0.717, 1.165) is 24.5 Å². The van der Waals surface area contributed by atoms with Crippen LogP contribution in [0.5, 0.6) is 0 Å². The molecule has 0 radical (unpaired) electrons. The topological polar surface area (TPSA) is 107 Å². The molecule has 3 unspecified atom stereocenters. The van der Waals surface area contributed by atoms with E-state index >= 15 is 0 Å². The van der Waals surface area contributed by atoms with Gasteiger partial charge in [-0.1, -0.05) is 37.3 Å². The van der Waals surface area contributed by atoms with E-state index in [2.05, 4.69) is 39.9 Å². The minimum Gasteiger partial charge on any atom is -0.376 e. The number of nitriles is 1. The summed E-state index contributed by atoms with van der Waals surface area (Å²) in [7, 11) is 0. The molecule has 1 aliphatic rings.